The van der Waals surface area contributed by atoms with Crippen LogP contribution in [0.15, 0.2) is 30.3 Å². The second-order valence-corrected chi connectivity index (χ2v) is 6.55. The van der Waals surface area contributed by atoms with E-state index in [4.69, 9.17) is 4.74 Å². The van der Waals surface area contributed by atoms with Gasteiger partial charge < -0.3 is 20.7 Å². The van der Waals surface area contributed by atoms with Gasteiger partial charge in [0.2, 0.25) is 0 Å². The molecule has 0 bridgehead atoms. The molecule has 7 heteroatoms. The summed E-state index contributed by atoms with van der Waals surface area (Å²) in [5.41, 5.74) is 0.619. The highest BCUT2D eigenvalue weighted by Crippen LogP contribution is 2.19. The van der Waals surface area contributed by atoms with Crippen LogP contribution in [0.3, 0.4) is 0 Å². The van der Waals surface area contributed by atoms with Crippen LogP contribution in [0.1, 0.15) is 33.6 Å². The fourth-order valence-corrected chi connectivity index (χ4v) is 2.17. The molecule has 1 saturated carbocycles. The first kappa shape index (κ1) is 18.8. The van der Waals surface area contributed by atoms with Crippen molar-refractivity contribution < 1.29 is 19.1 Å². The molecule has 1 aliphatic rings. The normalized spacial score (nSPS) is 15.8. The Morgan fingerprint density at radius 2 is 1.72 bits per heavy atom. The van der Waals surface area contributed by atoms with E-state index in [1.54, 1.807) is 38.1 Å². The molecule has 7 nitrogen and oxygen atoms in total. The van der Waals surface area contributed by atoms with Gasteiger partial charge in [-0.05, 0) is 37.8 Å². The molecular weight excluding hydrogens is 322 g/mol. The van der Waals surface area contributed by atoms with Crippen molar-refractivity contribution >= 4 is 23.6 Å². The molecule has 0 unspecified atom stereocenters. The standard InChI is InChI=1S/C18H25N3O4/c1-11(2)15(21-18(24)20-13-7-5-4-6-8-13)17(23)25-12(3)16(22)19-14-9-10-14/h4-8,11-12,14-15H,9-10H2,1-3H3,(H,19,22)(H2,20,21,24)/t12-,15-/m0/s1. The maximum absolute atomic E-state index is 12.3. The number of ether oxygens (including phenoxy) is 1. The molecule has 0 aromatic heterocycles. The third kappa shape index (κ3) is 6.10. The Kier molecular flexibility index (Phi) is 6.38. The van der Waals surface area contributed by atoms with Gasteiger partial charge in [0.25, 0.3) is 5.91 Å². The van der Waals surface area contributed by atoms with Crippen molar-refractivity contribution in [2.45, 2.75) is 51.8 Å². The van der Waals surface area contributed by atoms with Crippen LogP contribution in [0.4, 0.5) is 10.5 Å². The quantitative estimate of drug-likeness (QED) is 0.658. The molecule has 0 saturated heterocycles. The Morgan fingerprint density at radius 3 is 2.28 bits per heavy atom. The number of carbonyl (C=O) groups is 3. The summed E-state index contributed by atoms with van der Waals surface area (Å²) in [4.78, 5) is 36.3. The molecule has 136 valence electrons. The van der Waals surface area contributed by atoms with Gasteiger partial charge in [-0.1, -0.05) is 32.0 Å². The first-order chi connectivity index (χ1) is 11.9. The van der Waals surface area contributed by atoms with Crippen molar-refractivity contribution in [2.24, 2.45) is 5.92 Å². The summed E-state index contributed by atoms with van der Waals surface area (Å²) in [5.74, 6) is -1.13. The van der Waals surface area contributed by atoms with Crippen LogP contribution in [0.2, 0.25) is 0 Å². The summed E-state index contributed by atoms with van der Waals surface area (Å²) in [6, 6.07) is 7.76. The minimum absolute atomic E-state index is 0.187. The van der Waals surface area contributed by atoms with E-state index in [1.807, 2.05) is 6.07 Å². The Balaban J connectivity index is 1.88. The lowest BCUT2D eigenvalue weighted by molar-refractivity contribution is -0.157. The number of nitrogens with one attached hydrogen (secondary N) is 3. The third-order valence-corrected chi connectivity index (χ3v) is 3.82. The average molecular weight is 347 g/mol. The predicted molar refractivity (Wildman–Crippen MR) is 93.9 cm³/mol. The molecule has 0 radical (unpaired) electrons. The Labute approximate surface area is 147 Å². The minimum atomic E-state index is -0.895. The second kappa shape index (κ2) is 8.50. The summed E-state index contributed by atoms with van der Waals surface area (Å²) >= 11 is 0. The molecule has 0 spiro atoms. The van der Waals surface area contributed by atoms with E-state index >= 15 is 0 Å². The van der Waals surface area contributed by atoms with E-state index in [9.17, 15) is 14.4 Å². The molecule has 0 aliphatic heterocycles. The highest BCUT2D eigenvalue weighted by atomic mass is 16.5. The SMILES string of the molecule is CC(C)[C@H](NC(=O)Nc1ccccc1)C(=O)O[C@@H](C)C(=O)NC1CC1. The van der Waals surface area contributed by atoms with Gasteiger partial charge in [-0.2, -0.15) is 0 Å². The summed E-state index contributed by atoms with van der Waals surface area (Å²) < 4.78 is 5.22. The molecule has 1 aromatic carbocycles. The second-order valence-electron chi connectivity index (χ2n) is 6.55. The first-order valence-corrected chi connectivity index (χ1v) is 8.50. The van der Waals surface area contributed by atoms with Crippen LogP contribution in [0, 0.1) is 5.92 Å². The smallest absolute Gasteiger partial charge is 0.329 e. The number of benzene rings is 1. The average Bonchev–Trinajstić information content (AvgIpc) is 3.37. The van der Waals surface area contributed by atoms with E-state index in [2.05, 4.69) is 16.0 Å². The molecular formula is C18H25N3O4. The number of para-hydroxylation sites is 1. The van der Waals surface area contributed by atoms with Gasteiger partial charge in [0, 0.05) is 11.7 Å². The van der Waals surface area contributed by atoms with E-state index in [1.165, 1.54) is 6.92 Å². The predicted octanol–water partition coefficient (Wildman–Crippen LogP) is 2.04. The summed E-state index contributed by atoms with van der Waals surface area (Å²) in [5, 5.41) is 8.05. The third-order valence-electron chi connectivity index (χ3n) is 3.82. The Hall–Kier alpha value is -2.57. The molecule has 1 fully saturated rings. The summed E-state index contributed by atoms with van der Waals surface area (Å²) in [6.45, 7) is 5.12. The molecule has 2 rings (SSSR count). The van der Waals surface area contributed by atoms with Gasteiger partial charge in [-0.25, -0.2) is 9.59 Å². The number of hydrogen-bond donors (Lipinski definition) is 3. The lowest BCUT2D eigenvalue weighted by Crippen LogP contribution is -2.49. The Bertz CT molecular complexity index is 614. The number of urea groups is 1. The minimum Gasteiger partial charge on any atom is -0.451 e. The number of hydrogen-bond acceptors (Lipinski definition) is 4. The number of rotatable bonds is 7. The number of amides is 3. The van der Waals surface area contributed by atoms with Crippen LogP contribution in [-0.2, 0) is 14.3 Å². The topological polar surface area (TPSA) is 96.5 Å². The molecule has 2 atom stereocenters. The van der Waals surface area contributed by atoms with Gasteiger partial charge in [0.15, 0.2) is 6.10 Å². The molecule has 1 aliphatic carbocycles. The lowest BCUT2D eigenvalue weighted by Gasteiger charge is -2.23. The molecule has 25 heavy (non-hydrogen) atoms. The largest absolute Gasteiger partial charge is 0.451 e. The van der Waals surface area contributed by atoms with Crippen molar-refractivity contribution in [1.82, 2.24) is 10.6 Å². The first-order valence-electron chi connectivity index (χ1n) is 8.50. The van der Waals surface area contributed by atoms with E-state index in [0.717, 1.165) is 12.8 Å². The number of esters is 1. The number of carbonyl (C=O) groups excluding carboxylic acids is 3. The van der Waals surface area contributed by atoms with Crippen LogP contribution in [0.25, 0.3) is 0 Å². The van der Waals surface area contributed by atoms with Crippen LogP contribution >= 0.6 is 0 Å². The van der Waals surface area contributed by atoms with Gasteiger partial charge >= 0.3 is 12.0 Å². The van der Waals surface area contributed by atoms with E-state index < -0.39 is 24.1 Å². The van der Waals surface area contributed by atoms with Crippen molar-refractivity contribution in [3.8, 4) is 0 Å². The zero-order valence-electron chi connectivity index (χ0n) is 14.7. The van der Waals surface area contributed by atoms with Gasteiger partial charge in [0.1, 0.15) is 6.04 Å². The summed E-state index contributed by atoms with van der Waals surface area (Å²) in [6.07, 6.45) is 1.03. The van der Waals surface area contributed by atoms with Crippen molar-refractivity contribution in [3.63, 3.8) is 0 Å². The fraction of sp³-hybridized carbons (Fsp3) is 0.500. The molecule has 0 heterocycles. The molecule has 3 amide bonds. The highest BCUT2D eigenvalue weighted by Gasteiger charge is 2.31. The van der Waals surface area contributed by atoms with Gasteiger partial charge in [-0.3, -0.25) is 4.79 Å². The summed E-state index contributed by atoms with van der Waals surface area (Å²) in [7, 11) is 0. The van der Waals surface area contributed by atoms with Gasteiger partial charge in [-0.15, -0.1) is 0 Å². The van der Waals surface area contributed by atoms with E-state index in [-0.39, 0.29) is 17.9 Å². The zero-order chi connectivity index (χ0) is 18.4. The van der Waals surface area contributed by atoms with Crippen LogP contribution in [0.5, 0.6) is 0 Å². The molecule has 3 N–H and O–H groups in total. The van der Waals surface area contributed by atoms with Crippen molar-refractivity contribution in [1.29, 1.82) is 0 Å². The maximum atomic E-state index is 12.3. The van der Waals surface area contributed by atoms with E-state index in [0.29, 0.717) is 5.69 Å². The van der Waals surface area contributed by atoms with Crippen molar-refractivity contribution in [2.75, 3.05) is 5.32 Å². The lowest BCUT2D eigenvalue weighted by atomic mass is 10.0. The zero-order valence-corrected chi connectivity index (χ0v) is 14.7. The van der Waals surface area contributed by atoms with Gasteiger partial charge in [0.05, 0.1) is 0 Å². The fourth-order valence-electron chi connectivity index (χ4n) is 2.17. The van der Waals surface area contributed by atoms with Crippen molar-refractivity contribution in [3.05, 3.63) is 30.3 Å². The maximum Gasteiger partial charge on any atom is 0.329 e. The molecule has 1 aromatic rings. The monoisotopic (exact) mass is 347 g/mol. The highest BCUT2D eigenvalue weighted by molar-refractivity contribution is 5.93. The van der Waals surface area contributed by atoms with Crippen LogP contribution < -0.4 is 16.0 Å². The Morgan fingerprint density at radius 1 is 1.08 bits per heavy atom. The van der Waals surface area contributed by atoms with Crippen LogP contribution in [-0.4, -0.2) is 36.1 Å². The number of anilines is 1.